The third-order valence-electron chi connectivity index (χ3n) is 5.45. The fourth-order valence-corrected chi connectivity index (χ4v) is 5.08. The molecule has 1 saturated heterocycles. The predicted octanol–water partition coefficient (Wildman–Crippen LogP) is 4.78. The Morgan fingerprint density at radius 1 is 1.10 bits per heavy atom. The monoisotopic (exact) mass is 402 g/mol. The minimum Gasteiger partial charge on any atom is -0.333 e. The number of benzene rings is 2. The minimum atomic E-state index is 0.118. The molecule has 1 atom stereocenters. The first kappa shape index (κ1) is 18.1. The molecule has 29 heavy (non-hydrogen) atoms. The highest BCUT2D eigenvalue weighted by molar-refractivity contribution is 7.18. The molecule has 5 rings (SSSR count). The summed E-state index contributed by atoms with van der Waals surface area (Å²) in [5, 5.41) is 5.50. The van der Waals surface area contributed by atoms with E-state index in [0.29, 0.717) is 12.8 Å². The molecular formula is C23H22N4OS. The molecule has 0 bridgehead atoms. The zero-order chi connectivity index (χ0) is 19.6. The predicted molar refractivity (Wildman–Crippen MR) is 115 cm³/mol. The van der Waals surface area contributed by atoms with E-state index in [-0.39, 0.29) is 11.9 Å². The van der Waals surface area contributed by atoms with Gasteiger partial charge in [-0.05, 0) is 49.1 Å². The number of para-hydroxylation sites is 2. The third kappa shape index (κ3) is 3.68. The Bertz CT molecular complexity index is 1100. The van der Waals surface area contributed by atoms with E-state index in [1.54, 1.807) is 11.3 Å². The number of nitrogens with zero attached hydrogens (tertiary/aromatic N) is 4. The van der Waals surface area contributed by atoms with Gasteiger partial charge >= 0.3 is 0 Å². The van der Waals surface area contributed by atoms with Crippen LogP contribution in [0.2, 0.25) is 0 Å². The summed E-state index contributed by atoms with van der Waals surface area (Å²) in [4.78, 5) is 19.8. The lowest BCUT2D eigenvalue weighted by molar-refractivity contribution is -0.132. The van der Waals surface area contributed by atoms with Gasteiger partial charge in [0, 0.05) is 19.2 Å². The lowest BCUT2D eigenvalue weighted by atomic mass is 10.1. The lowest BCUT2D eigenvalue weighted by Crippen LogP contribution is -2.30. The number of carbonyl (C=O) groups excluding carboxylic acids is 1. The van der Waals surface area contributed by atoms with E-state index in [0.717, 1.165) is 41.2 Å². The molecule has 1 amide bonds. The van der Waals surface area contributed by atoms with Crippen molar-refractivity contribution in [2.45, 2.75) is 31.7 Å². The molecule has 1 aliphatic rings. The molecule has 5 nitrogen and oxygen atoms in total. The smallest absolute Gasteiger partial charge is 0.223 e. The molecule has 1 fully saturated rings. The highest BCUT2D eigenvalue weighted by Crippen LogP contribution is 2.36. The Balaban J connectivity index is 1.26. The fraction of sp³-hybridized carbons (Fsp3) is 0.261. The first-order valence-electron chi connectivity index (χ1n) is 10.0. The Labute approximate surface area is 173 Å². The van der Waals surface area contributed by atoms with Gasteiger partial charge in [-0.25, -0.2) is 9.67 Å². The van der Waals surface area contributed by atoms with E-state index >= 15 is 0 Å². The molecule has 0 spiro atoms. The highest BCUT2D eigenvalue weighted by Gasteiger charge is 2.31. The van der Waals surface area contributed by atoms with Crippen molar-refractivity contribution in [3.8, 4) is 5.69 Å². The Hall–Kier alpha value is -2.99. The quantitative estimate of drug-likeness (QED) is 0.483. The average Bonchev–Trinajstić information content (AvgIpc) is 3.51. The molecular weight excluding hydrogens is 380 g/mol. The van der Waals surface area contributed by atoms with Gasteiger partial charge in [0.2, 0.25) is 5.91 Å². The second-order valence-electron chi connectivity index (χ2n) is 7.39. The first-order chi connectivity index (χ1) is 14.3. The van der Waals surface area contributed by atoms with Gasteiger partial charge in [-0.1, -0.05) is 30.3 Å². The van der Waals surface area contributed by atoms with Gasteiger partial charge < -0.3 is 4.90 Å². The van der Waals surface area contributed by atoms with Crippen molar-refractivity contribution < 1.29 is 4.79 Å². The van der Waals surface area contributed by atoms with Crippen molar-refractivity contribution in [3.63, 3.8) is 0 Å². The Kier molecular flexibility index (Phi) is 4.86. The second kappa shape index (κ2) is 7.79. The van der Waals surface area contributed by atoms with E-state index in [9.17, 15) is 4.79 Å². The number of aromatic nitrogens is 3. The lowest BCUT2D eigenvalue weighted by Gasteiger charge is -2.23. The number of thiazole rings is 1. The zero-order valence-electron chi connectivity index (χ0n) is 16.1. The van der Waals surface area contributed by atoms with Gasteiger partial charge in [-0.15, -0.1) is 11.3 Å². The maximum atomic E-state index is 13.0. The summed E-state index contributed by atoms with van der Waals surface area (Å²) in [6, 6.07) is 18.3. The van der Waals surface area contributed by atoms with Crippen LogP contribution in [0.3, 0.4) is 0 Å². The van der Waals surface area contributed by atoms with E-state index in [4.69, 9.17) is 4.98 Å². The number of carbonyl (C=O) groups is 1. The summed E-state index contributed by atoms with van der Waals surface area (Å²) >= 11 is 1.71. The van der Waals surface area contributed by atoms with Gasteiger partial charge in [0.25, 0.3) is 0 Å². The van der Waals surface area contributed by atoms with Crippen LogP contribution >= 0.6 is 11.3 Å². The van der Waals surface area contributed by atoms with Crippen molar-refractivity contribution >= 4 is 27.5 Å². The van der Waals surface area contributed by atoms with E-state index in [2.05, 4.69) is 11.2 Å². The molecule has 3 heterocycles. The summed E-state index contributed by atoms with van der Waals surface area (Å²) in [6.45, 7) is 0.822. The molecule has 0 saturated carbocycles. The number of hydrogen-bond acceptors (Lipinski definition) is 4. The number of rotatable bonds is 5. The van der Waals surface area contributed by atoms with E-state index < -0.39 is 0 Å². The molecule has 0 aliphatic carbocycles. The van der Waals surface area contributed by atoms with Crippen molar-refractivity contribution in [2.75, 3.05) is 6.54 Å². The van der Waals surface area contributed by atoms with Gasteiger partial charge in [-0.2, -0.15) is 5.10 Å². The van der Waals surface area contributed by atoms with Crippen LogP contribution in [-0.4, -0.2) is 32.1 Å². The van der Waals surface area contributed by atoms with Crippen LogP contribution in [0.1, 0.15) is 35.9 Å². The van der Waals surface area contributed by atoms with Crippen LogP contribution < -0.4 is 0 Å². The van der Waals surface area contributed by atoms with Crippen LogP contribution in [0.4, 0.5) is 0 Å². The zero-order valence-corrected chi connectivity index (χ0v) is 16.9. The molecule has 0 N–H and O–H groups in total. The molecule has 1 aliphatic heterocycles. The topological polar surface area (TPSA) is 51.0 Å². The van der Waals surface area contributed by atoms with E-state index in [1.807, 2.05) is 70.5 Å². The number of amides is 1. The molecule has 4 aromatic rings. The Morgan fingerprint density at radius 3 is 2.79 bits per heavy atom. The molecule has 6 heteroatoms. The summed E-state index contributed by atoms with van der Waals surface area (Å²) in [5.41, 5.74) is 3.14. The maximum Gasteiger partial charge on any atom is 0.223 e. The SMILES string of the molecule is O=C(CCc1cnn(-c2ccccc2)c1)N1CCC[C@H]1c1nc2ccccc2s1. The van der Waals surface area contributed by atoms with Crippen LogP contribution in [0.5, 0.6) is 0 Å². The van der Waals surface area contributed by atoms with Crippen molar-refractivity contribution in [3.05, 3.63) is 77.6 Å². The average molecular weight is 403 g/mol. The first-order valence-corrected chi connectivity index (χ1v) is 10.8. The van der Waals surface area contributed by atoms with Crippen LogP contribution in [0.25, 0.3) is 15.9 Å². The standard InChI is InChI=1S/C23H22N4OS/c28-22(13-12-17-15-24-27(16-17)18-7-2-1-3-8-18)26-14-6-10-20(26)23-25-19-9-4-5-11-21(19)29-23/h1-5,7-9,11,15-16,20H,6,10,12-14H2/t20-/m0/s1. The summed E-state index contributed by atoms with van der Waals surface area (Å²) in [7, 11) is 0. The second-order valence-corrected chi connectivity index (χ2v) is 8.46. The summed E-state index contributed by atoms with van der Waals surface area (Å²) in [6.07, 6.45) is 7.11. The molecule has 0 unspecified atom stereocenters. The minimum absolute atomic E-state index is 0.118. The van der Waals surface area contributed by atoms with Gasteiger partial charge in [0.1, 0.15) is 5.01 Å². The summed E-state index contributed by atoms with van der Waals surface area (Å²) in [5.74, 6) is 0.208. The normalized spacial score (nSPS) is 16.6. The Morgan fingerprint density at radius 2 is 1.93 bits per heavy atom. The van der Waals surface area contributed by atoms with Gasteiger partial charge in [0.15, 0.2) is 0 Å². The largest absolute Gasteiger partial charge is 0.333 e. The number of fused-ring (bicyclic) bond motifs is 1. The van der Waals surface area contributed by atoms with Crippen molar-refractivity contribution in [2.24, 2.45) is 0 Å². The van der Waals surface area contributed by atoms with E-state index in [1.165, 1.54) is 4.70 Å². The fourth-order valence-electron chi connectivity index (χ4n) is 3.96. The van der Waals surface area contributed by atoms with Crippen molar-refractivity contribution in [1.29, 1.82) is 0 Å². The van der Waals surface area contributed by atoms with Crippen LogP contribution in [-0.2, 0) is 11.2 Å². The third-order valence-corrected chi connectivity index (χ3v) is 6.59. The molecule has 146 valence electrons. The highest BCUT2D eigenvalue weighted by atomic mass is 32.1. The maximum absolute atomic E-state index is 13.0. The van der Waals surface area contributed by atoms with Crippen LogP contribution in [0.15, 0.2) is 67.0 Å². The molecule has 2 aromatic carbocycles. The number of aryl methyl sites for hydroxylation is 1. The molecule has 2 aromatic heterocycles. The van der Waals surface area contributed by atoms with Gasteiger partial charge in [-0.3, -0.25) is 4.79 Å². The number of likely N-dealkylation sites (tertiary alicyclic amines) is 1. The summed E-state index contributed by atoms with van der Waals surface area (Å²) < 4.78 is 3.05. The van der Waals surface area contributed by atoms with Crippen LogP contribution in [0, 0.1) is 0 Å². The number of hydrogen-bond donors (Lipinski definition) is 0. The molecule has 0 radical (unpaired) electrons. The van der Waals surface area contributed by atoms with Gasteiger partial charge in [0.05, 0.1) is 28.1 Å². The van der Waals surface area contributed by atoms with Crippen molar-refractivity contribution in [1.82, 2.24) is 19.7 Å².